The number of alkyl halides is 5. The van der Waals surface area contributed by atoms with Crippen LogP contribution in [0.5, 0.6) is 11.5 Å². The second kappa shape index (κ2) is 15.8. The Hall–Kier alpha value is -5.13. The number of hydrogen-bond donors (Lipinski definition) is 2. The summed E-state index contributed by atoms with van der Waals surface area (Å²) in [4.78, 5) is 12.7. The van der Waals surface area contributed by atoms with Crippen LogP contribution in [0.25, 0.3) is 6.08 Å². The van der Waals surface area contributed by atoms with Crippen molar-refractivity contribution in [3.8, 4) is 11.5 Å². The predicted octanol–water partition coefficient (Wildman–Crippen LogP) is 8.70. The average Bonchev–Trinajstić information content (AvgIpc) is 3.03. The van der Waals surface area contributed by atoms with Gasteiger partial charge in [0.05, 0.1) is 13.2 Å². The summed E-state index contributed by atoms with van der Waals surface area (Å²) in [6.45, 7) is 4.01. The third-order valence-corrected chi connectivity index (χ3v) is 7.30. The van der Waals surface area contributed by atoms with E-state index in [9.17, 15) is 31.1 Å². The van der Waals surface area contributed by atoms with Crippen LogP contribution in [0, 0.1) is 18.2 Å². The van der Waals surface area contributed by atoms with Crippen molar-refractivity contribution in [1.29, 1.82) is 0 Å². The van der Waals surface area contributed by atoms with Crippen molar-refractivity contribution in [2.45, 2.75) is 38.0 Å². The first-order valence-electron chi connectivity index (χ1n) is 15.1. The summed E-state index contributed by atoms with van der Waals surface area (Å²) in [6, 6.07) is 22.4. The summed E-state index contributed by atoms with van der Waals surface area (Å²) < 4.78 is 96.2. The lowest BCUT2D eigenvalue weighted by Crippen LogP contribution is -2.30. The van der Waals surface area contributed by atoms with Crippen LogP contribution in [0.15, 0.2) is 97.1 Å². The number of esters is 1. The molecule has 0 atom stereocenters. The minimum absolute atomic E-state index is 0.00545. The number of carbonyl (C=O) groups is 1. The average molecular weight is 686 g/mol. The number of carbonyl (C=O) groups excluding carboxylic acids is 1. The molecule has 1 radical (unpaired) electrons. The molecule has 4 rings (SSSR count). The number of nitrogen functional groups attached to an aromatic ring is 2. The van der Waals surface area contributed by atoms with Gasteiger partial charge in [-0.3, -0.25) is 0 Å². The largest absolute Gasteiger partial charge is 0.493 e. The number of hydrogen-bond acceptors (Lipinski definition) is 6. The summed E-state index contributed by atoms with van der Waals surface area (Å²) in [5.74, 6) is -2.48. The summed E-state index contributed by atoms with van der Waals surface area (Å²) >= 11 is 0. The minimum Gasteiger partial charge on any atom is -0.493 e. The number of nitrogens with two attached hydrogens (primary N) is 2. The topological polar surface area (TPSA) is 96.8 Å². The van der Waals surface area contributed by atoms with Crippen LogP contribution in [0.1, 0.15) is 35.1 Å². The molecular weight excluding hydrogens is 650 g/mol. The van der Waals surface area contributed by atoms with Crippen LogP contribution in [0.4, 0.5) is 37.7 Å². The highest BCUT2D eigenvalue weighted by molar-refractivity contribution is 5.87. The Balaban J connectivity index is 1.33. The smallest absolute Gasteiger partial charge is 0.429 e. The Morgan fingerprint density at radius 3 is 1.86 bits per heavy atom. The third kappa shape index (κ3) is 11.8. The molecule has 4 aromatic carbocycles. The van der Waals surface area contributed by atoms with Gasteiger partial charge in [0, 0.05) is 35.4 Å². The number of halogens is 6. The van der Waals surface area contributed by atoms with Crippen molar-refractivity contribution in [3.63, 3.8) is 0 Å². The molecule has 0 unspecified atom stereocenters. The molecule has 0 aromatic heterocycles. The van der Waals surface area contributed by atoms with E-state index in [0.29, 0.717) is 35.8 Å². The van der Waals surface area contributed by atoms with Gasteiger partial charge in [-0.05, 0) is 97.5 Å². The van der Waals surface area contributed by atoms with Crippen LogP contribution in [0.3, 0.4) is 0 Å². The fourth-order valence-electron chi connectivity index (χ4n) is 4.87. The molecule has 259 valence electrons. The van der Waals surface area contributed by atoms with Crippen molar-refractivity contribution in [3.05, 3.63) is 132 Å². The Morgan fingerprint density at radius 1 is 0.776 bits per heavy atom. The van der Waals surface area contributed by atoms with Gasteiger partial charge in [-0.25, -0.2) is 9.18 Å². The number of anilines is 2. The molecule has 0 saturated heterocycles. The van der Waals surface area contributed by atoms with Crippen molar-refractivity contribution < 1.29 is 45.3 Å². The van der Waals surface area contributed by atoms with E-state index in [-0.39, 0.29) is 31.1 Å². The van der Waals surface area contributed by atoms with Gasteiger partial charge in [0.15, 0.2) is 0 Å². The molecule has 49 heavy (non-hydrogen) atoms. The molecule has 0 fully saturated rings. The van der Waals surface area contributed by atoms with Crippen LogP contribution in [-0.4, -0.2) is 25.4 Å². The first-order valence-corrected chi connectivity index (χ1v) is 15.1. The van der Waals surface area contributed by atoms with Crippen LogP contribution in [-0.2, 0) is 28.5 Å². The number of benzene rings is 4. The van der Waals surface area contributed by atoms with Crippen LogP contribution < -0.4 is 20.9 Å². The normalized spacial score (nSPS) is 12.2. The molecule has 0 aliphatic heterocycles. The molecular formula is C37H35F6N2O4. The lowest BCUT2D eigenvalue weighted by molar-refractivity contribution is -0.187. The monoisotopic (exact) mass is 685 g/mol. The molecule has 0 spiro atoms. The maximum Gasteiger partial charge on any atom is 0.429 e. The molecule has 0 aliphatic carbocycles. The van der Waals surface area contributed by atoms with Gasteiger partial charge in [0.2, 0.25) is 0 Å². The fraction of sp³-hybridized carbons (Fsp3) is 0.243. The summed E-state index contributed by atoms with van der Waals surface area (Å²) in [5, 5.41) is 0. The first kappa shape index (κ1) is 36.7. The van der Waals surface area contributed by atoms with Gasteiger partial charge in [0.25, 0.3) is 0 Å². The van der Waals surface area contributed by atoms with E-state index in [0.717, 1.165) is 23.3 Å². The zero-order chi connectivity index (χ0) is 35.7. The second-order valence-electron chi connectivity index (χ2n) is 11.7. The lowest BCUT2D eigenvalue weighted by Gasteiger charge is -2.29. The summed E-state index contributed by atoms with van der Waals surface area (Å²) in [5.41, 5.74) is 13.5. The van der Waals surface area contributed by atoms with Crippen molar-refractivity contribution in [2.75, 3.05) is 24.7 Å². The molecule has 0 heterocycles. The van der Waals surface area contributed by atoms with Crippen molar-refractivity contribution in [2.24, 2.45) is 5.41 Å². The molecule has 12 heteroatoms. The van der Waals surface area contributed by atoms with E-state index in [2.05, 4.69) is 6.92 Å². The number of rotatable bonds is 15. The lowest BCUT2D eigenvalue weighted by atomic mass is 9.79. The molecule has 0 amide bonds. The Labute approximate surface area is 280 Å². The fourth-order valence-corrected chi connectivity index (χ4v) is 4.87. The predicted molar refractivity (Wildman–Crippen MR) is 175 cm³/mol. The second-order valence-corrected chi connectivity index (χ2v) is 11.7. The maximum absolute atomic E-state index is 14.8. The van der Waals surface area contributed by atoms with Gasteiger partial charge >= 0.3 is 18.3 Å². The van der Waals surface area contributed by atoms with E-state index in [4.69, 9.17) is 25.7 Å². The van der Waals surface area contributed by atoms with E-state index in [1.165, 1.54) is 36.4 Å². The standard InChI is InChI=1S/C37H35F6N2O4/c1-35(22-26-3-10-28(44)11-4-26,23-27-5-12-29(45)13-6-27)24-48-34(46)18-9-25-7-14-30(15-8-25)49-37(42,43)32-17-16-31(21-33(32)38)47-20-2-19-36(39,40)41/h3-18,21H,1-2,19-20,22-24,44-45H2/b18-9+. The quantitative estimate of drug-likeness (QED) is 0.0427. The molecule has 0 bridgehead atoms. The molecule has 0 aliphatic rings. The van der Waals surface area contributed by atoms with Crippen molar-refractivity contribution >= 4 is 23.4 Å². The zero-order valence-corrected chi connectivity index (χ0v) is 26.3. The van der Waals surface area contributed by atoms with Crippen molar-refractivity contribution in [1.82, 2.24) is 0 Å². The summed E-state index contributed by atoms with van der Waals surface area (Å²) in [6.07, 6.45) is -6.29. The first-order chi connectivity index (χ1) is 23.1. The van der Waals surface area contributed by atoms with Gasteiger partial charge in [-0.2, -0.15) is 22.0 Å². The zero-order valence-electron chi connectivity index (χ0n) is 26.3. The summed E-state index contributed by atoms with van der Waals surface area (Å²) in [7, 11) is 0. The van der Waals surface area contributed by atoms with Crippen LogP contribution >= 0.6 is 0 Å². The highest BCUT2D eigenvalue weighted by Crippen LogP contribution is 2.35. The SMILES string of the molecule is [CH2]C(COC(=O)/C=C/c1ccc(OC(F)(F)c2ccc(OCCCC(F)(F)F)cc2F)cc1)(Cc1ccc(N)cc1)Cc1ccc(N)cc1. The van der Waals surface area contributed by atoms with E-state index in [1.54, 1.807) is 24.3 Å². The van der Waals surface area contributed by atoms with E-state index in [1.807, 2.05) is 24.3 Å². The van der Waals surface area contributed by atoms with E-state index < -0.39 is 41.5 Å². The van der Waals surface area contributed by atoms with Gasteiger partial charge < -0.3 is 25.7 Å². The van der Waals surface area contributed by atoms with Crippen LogP contribution in [0.2, 0.25) is 0 Å². The minimum atomic E-state index is -4.36. The Kier molecular flexibility index (Phi) is 11.9. The molecule has 4 N–H and O–H groups in total. The van der Waals surface area contributed by atoms with E-state index >= 15 is 0 Å². The molecule has 6 nitrogen and oxygen atoms in total. The maximum atomic E-state index is 14.8. The molecule has 4 aromatic rings. The van der Waals surface area contributed by atoms with Gasteiger partial charge in [-0.1, -0.05) is 36.4 Å². The third-order valence-electron chi connectivity index (χ3n) is 7.30. The number of ether oxygens (including phenoxy) is 3. The highest BCUT2D eigenvalue weighted by Gasteiger charge is 2.38. The Morgan fingerprint density at radius 2 is 1.33 bits per heavy atom. The van der Waals surface area contributed by atoms with Gasteiger partial charge in [0.1, 0.15) is 22.9 Å². The Bertz CT molecular complexity index is 1660. The van der Waals surface area contributed by atoms with Gasteiger partial charge in [-0.15, -0.1) is 0 Å². The highest BCUT2D eigenvalue weighted by atomic mass is 19.4. The molecule has 0 saturated carbocycles.